The van der Waals surface area contributed by atoms with E-state index in [2.05, 4.69) is 5.32 Å². The number of hydrogen-bond acceptors (Lipinski definition) is 4. The second kappa shape index (κ2) is 6.65. The van der Waals surface area contributed by atoms with Crippen LogP contribution in [0.1, 0.15) is 59.6 Å². The second-order valence-corrected chi connectivity index (χ2v) is 8.63. The minimum atomic E-state index is -0.499. The molecule has 0 unspecified atom stereocenters. The van der Waals surface area contributed by atoms with Gasteiger partial charge in [-0.25, -0.2) is 4.79 Å². The quantitative estimate of drug-likeness (QED) is 0.853. The molecular weight excluding hydrogens is 317 g/mol. The molecule has 0 spiro atoms. The highest BCUT2D eigenvalue weighted by molar-refractivity contribution is 6.62. The van der Waals surface area contributed by atoms with Crippen molar-refractivity contribution in [3.05, 3.63) is 29.3 Å². The van der Waals surface area contributed by atoms with E-state index in [4.69, 9.17) is 14.0 Å². The Morgan fingerprint density at radius 1 is 1.16 bits per heavy atom. The molecule has 138 valence electrons. The number of aryl methyl sites for hydroxylation is 1. The van der Waals surface area contributed by atoms with E-state index in [9.17, 15) is 4.79 Å². The standard InChI is InChI=1S/C19H30BNO4/c1-13-11-14(12-21-16(22)23-17(2,3)4)9-10-15(13)20-24-18(5,6)19(7,8)25-20/h9-11H,12H2,1-8H3,(H,21,22). The Hall–Kier alpha value is -1.53. The number of benzene rings is 1. The molecule has 1 saturated heterocycles. The molecule has 1 fully saturated rings. The predicted molar refractivity (Wildman–Crippen MR) is 100.0 cm³/mol. The summed E-state index contributed by atoms with van der Waals surface area (Å²) in [6, 6.07) is 6.02. The smallest absolute Gasteiger partial charge is 0.444 e. The second-order valence-electron chi connectivity index (χ2n) is 8.63. The van der Waals surface area contributed by atoms with Crippen molar-refractivity contribution >= 4 is 18.7 Å². The Morgan fingerprint density at radius 2 is 1.72 bits per heavy atom. The number of ether oxygens (including phenoxy) is 1. The number of alkyl carbamates (subject to hydrolysis) is 1. The summed E-state index contributed by atoms with van der Waals surface area (Å²) in [6.07, 6.45) is -0.416. The summed E-state index contributed by atoms with van der Waals surface area (Å²) in [5.74, 6) is 0. The fourth-order valence-electron chi connectivity index (χ4n) is 2.57. The monoisotopic (exact) mass is 347 g/mol. The molecule has 1 heterocycles. The molecule has 1 aliphatic heterocycles. The van der Waals surface area contributed by atoms with Gasteiger partial charge in [0, 0.05) is 6.54 Å². The van der Waals surface area contributed by atoms with Crippen molar-refractivity contribution in [1.82, 2.24) is 5.32 Å². The first-order valence-electron chi connectivity index (χ1n) is 8.73. The highest BCUT2D eigenvalue weighted by atomic mass is 16.7. The molecule has 1 N–H and O–H groups in total. The lowest BCUT2D eigenvalue weighted by atomic mass is 9.76. The van der Waals surface area contributed by atoms with Gasteiger partial charge < -0.3 is 19.4 Å². The van der Waals surface area contributed by atoms with Crippen LogP contribution < -0.4 is 10.8 Å². The zero-order valence-corrected chi connectivity index (χ0v) is 16.6. The summed E-state index contributed by atoms with van der Waals surface area (Å²) in [5.41, 5.74) is 1.87. The van der Waals surface area contributed by atoms with Gasteiger partial charge in [0.05, 0.1) is 11.2 Å². The Balaban J connectivity index is 2.03. The van der Waals surface area contributed by atoms with Gasteiger partial charge in [-0.15, -0.1) is 0 Å². The third-order valence-electron chi connectivity index (χ3n) is 4.68. The summed E-state index contributed by atoms with van der Waals surface area (Å²) >= 11 is 0. The first-order valence-corrected chi connectivity index (χ1v) is 8.73. The molecule has 1 aliphatic rings. The normalized spacial score (nSPS) is 19.0. The van der Waals surface area contributed by atoms with Crippen LogP contribution in [0, 0.1) is 6.92 Å². The largest absolute Gasteiger partial charge is 0.495 e. The molecule has 6 heteroatoms. The number of carbonyl (C=O) groups excluding carboxylic acids is 1. The Morgan fingerprint density at radius 3 is 2.20 bits per heavy atom. The zero-order chi connectivity index (χ0) is 19.0. The summed E-state index contributed by atoms with van der Waals surface area (Å²) in [4.78, 5) is 11.8. The highest BCUT2D eigenvalue weighted by Crippen LogP contribution is 2.36. The van der Waals surface area contributed by atoms with E-state index in [-0.39, 0.29) is 18.3 Å². The minimum absolute atomic E-state index is 0.360. The van der Waals surface area contributed by atoms with Gasteiger partial charge >= 0.3 is 13.2 Å². The van der Waals surface area contributed by atoms with Crippen molar-refractivity contribution in [1.29, 1.82) is 0 Å². The molecule has 2 rings (SSSR count). The molecule has 25 heavy (non-hydrogen) atoms. The third-order valence-corrected chi connectivity index (χ3v) is 4.68. The Bertz CT molecular complexity index is 633. The van der Waals surface area contributed by atoms with E-state index in [0.717, 1.165) is 16.6 Å². The van der Waals surface area contributed by atoms with Gasteiger partial charge in [-0.1, -0.05) is 23.8 Å². The molecule has 0 saturated carbocycles. The molecule has 0 aliphatic carbocycles. The van der Waals surface area contributed by atoms with Crippen molar-refractivity contribution in [2.75, 3.05) is 0 Å². The summed E-state index contributed by atoms with van der Waals surface area (Å²) in [7, 11) is -0.377. The summed E-state index contributed by atoms with van der Waals surface area (Å²) < 4.78 is 17.5. The average molecular weight is 347 g/mol. The number of nitrogens with one attached hydrogen (secondary N) is 1. The number of amides is 1. The lowest BCUT2D eigenvalue weighted by molar-refractivity contribution is 0.00578. The van der Waals surface area contributed by atoms with Gasteiger partial charge in [-0.2, -0.15) is 0 Å². The van der Waals surface area contributed by atoms with E-state index in [1.54, 1.807) is 0 Å². The van der Waals surface area contributed by atoms with Crippen molar-refractivity contribution < 1.29 is 18.8 Å². The van der Waals surface area contributed by atoms with Gasteiger partial charge in [-0.3, -0.25) is 0 Å². The molecule has 1 aromatic carbocycles. The van der Waals surface area contributed by atoms with Crippen molar-refractivity contribution in [3.63, 3.8) is 0 Å². The summed E-state index contributed by atoms with van der Waals surface area (Å²) in [5, 5.41) is 2.77. The molecule has 0 radical (unpaired) electrons. The van der Waals surface area contributed by atoms with Crippen LogP contribution in [0.25, 0.3) is 0 Å². The topological polar surface area (TPSA) is 56.8 Å². The molecule has 1 amide bonds. The van der Waals surface area contributed by atoms with Crippen LogP contribution in [-0.4, -0.2) is 30.0 Å². The van der Waals surface area contributed by atoms with Crippen LogP contribution in [0.2, 0.25) is 0 Å². The van der Waals surface area contributed by atoms with Crippen molar-refractivity contribution in [3.8, 4) is 0 Å². The molecule has 1 aromatic rings. The Kier molecular flexibility index (Phi) is 5.27. The SMILES string of the molecule is Cc1cc(CNC(=O)OC(C)(C)C)ccc1B1OC(C)(C)C(C)(C)O1. The molecule has 0 aromatic heterocycles. The van der Waals surface area contributed by atoms with E-state index in [1.165, 1.54) is 0 Å². The van der Waals surface area contributed by atoms with Crippen LogP contribution >= 0.6 is 0 Å². The third kappa shape index (κ3) is 4.76. The summed E-state index contributed by atoms with van der Waals surface area (Å²) in [6.45, 7) is 16.1. The first-order chi connectivity index (χ1) is 11.3. The Labute approximate surface area is 151 Å². The van der Waals surface area contributed by atoms with Crippen molar-refractivity contribution in [2.45, 2.75) is 78.7 Å². The fourth-order valence-corrected chi connectivity index (χ4v) is 2.57. The zero-order valence-electron chi connectivity index (χ0n) is 16.6. The van der Waals surface area contributed by atoms with Crippen LogP contribution in [-0.2, 0) is 20.6 Å². The minimum Gasteiger partial charge on any atom is -0.444 e. The maximum absolute atomic E-state index is 11.8. The van der Waals surface area contributed by atoms with Crippen LogP contribution in [0.4, 0.5) is 4.79 Å². The van der Waals surface area contributed by atoms with Crippen molar-refractivity contribution in [2.24, 2.45) is 0 Å². The van der Waals surface area contributed by atoms with Crippen LogP contribution in [0.5, 0.6) is 0 Å². The lowest BCUT2D eigenvalue weighted by Crippen LogP contribution is -2.41. The lowest BCUT2D eigenvalue weighted by Gasteiger charge is -2.32. The van der Waals surface area contributed by atoms with Crippen LogP contribution in [0.3, 0.4) is 0 Å². The molecule has 5 nitrogen and oxygen atoms in total. The van der Waals surface area contributed by atoms with Gasteiger partial charge in [0.15, 0.2) is 0 Å². The van der Waals surface area contributed by atoms with E-state index in [1.807, 2.05) is 73.6 Å². The number of rotatable bonds is 3. The highest BCUT2D eigenvalue weighted by Gasteiger charge is 2.52. The van der Waals surface area contributed by atoms with E-state index >= 15 is 0 Å². The maximum atomic E-state index is 11.8. The van der Waals surface area contributed by atoms with Crippen LogP contribution in [0.15, 0.2) is 18.2 Å². The van der Waals surface area contributed by atoms with Gasteiger partial charge in [0.1, 0.15) is 5.60 Å². The van der Waals surface area contributed by atoms with E-state index < -0.39 is 11.7 Å². The fraction of sp³-hybridized carbons (Fsp3) is 0.632. The number of hydrogen-bond donors (Lipinski definition) is 1. The van der Waals surface area contributed by atoms with Gasteiger partial charge in [-0.05, 0) is 66.4 Å². The van der Waals surface area contributed by atoms with Gasteiger partial charge in [0.25, 0.3) is 0 Å². The van der Waals surface area contributed by atoms with Gasteiger partial charge in [0.2, 0.25) is 0 Å². The average Bonchev–Trinajstić information content (AvgIpc) is 2.63. The molecule has 0 atom stereocenters. The maximum Gasteiger partial charge on any atom is 0.495 e. The van der Waals surface area contributed by atoms with E-state index in [0.29, 0.717) is 6.54 Å². The number of carbonyl (C=O) groups is 1. The molecular formula is C19H30BNO4. The predicted octanol–water partition coefficient (Wildman–Crippen LogP) is 3.32. The first kappa shape index (κ1) is 19.8. The molecule has 0 bridgehead atoms.